The van der Waals surface area contributed by atoms with E-state index in [9.17, 15) is 4.39 Å². The molecule has 12 heavy (non-hydrogen) atoms. The minimum absolute atomic E-state index is 0.375. The van der Waals surface area contributed by atoms with E-state index in [0.717, 1.165) is 0 Å². The van der Waals surface area contributed by atoms with E-state index in [-0.39, 0.29) is 0 Å². The second kappa shape index (κ2) is 7.03. The molecule has 0 spiro atoms. The van der Waals surface area contributed by atoms with Crippen LogP contribution in [0.25, 0.3) is 0 Å². The van der Waals surface area contributed by atoms with Gasteiger partial charge in [-0.25, -0.2) is 9.87 Å². The van der Waals surface area contributed by atoms with Crippen molar-refractivity contribution in [3.8, 4) is 0 Å². The van der Waals surface area contributed by atoms with Crippen molar-refractivity contribution in [2.24, 2.45) is 0 Å². The zero-order chi connectivity index (χ0) is 9.40. The first-order chi connectivity index (χ1) is 5.66. The second-order valence-corrected chi connectivity index (χ2v) is 2.56. The van der Waals surface area contributed by atoms with E-state index in [1.165, 1.54) is 12.2 Å². The summed E-state index contributed by atoms with van der Waals surface area (Å²) in [6.07, 6.45) is 4.71. The summed E-state index contributed by atoms with van der Waals surface area (Å²) in [7, 11) is 0. The van der Waals surface area contributed by atoms with Crippen LogP contribution in [0.4, 0.5) is 4.39 Å². The van der Waals surface area contributed by atoms with Gasteiger partial charge in [0.15, 0.2) is 0 Å². The highest BCUT2D eigenvalue weighted by molar-refractivity contribution is 6.29. The number of hydrogen-bond donors (Lipinski definition) is 2. The standard InChI is InChI=1S/C8H11ClFNO/c1-7(10)3-2-4-8(9)5-6-11-12/h2-4,11-12H,1,5-6H2/b3-2-,8-4+. The first kappa shape index (κ1) is 11.4. The van der Waals surface area contributed by atoms with Gasteiger partial charge in [0.05, 0.1) is 0 Å². The molecule has 4 heteroatoms. The van der Waals surface area contributed by atoms with E-state index in [1.807, 2.05) is 5.48 Å². The third-order valence-corrected chi connectivity index (χ3v) is 1.34. The van der Waals surface area contributed by atoms with Crippen molar-refractivity contribution in [3.63, 3.8) is 0 Å². The molecule has 68 valence electrons. The SMILES string of the molecule is C=C(F)/C=C\C=C(\Cl)CCNO. The van der Waals surface area contributed by atoms with Crippen LogP contribution in [0.1, 0.15) is 6.42 Å². The maximum absolute atomic E-state index is 12.0. The van der Waals surface area contributed by atoms with Gasteiger partial charge in [0.25, 0.3) is 0 Å². The second-order valence-electron chi connectivity index (χ2n) is 2.08. The highest BCUT2D eigenvalue weighted by atomic mass is 35.5. The molecule has 0 unspecified atom stereocenters. The van der Waals surface area contributed by atoms with Gasteiger partial charge in [0, 0.05) is 11.6 Å². The van der Waals surface area contributed by atoms with Crippen molar-refractivity contribution in [1.29, 1.82) is 0 Å². The topological polar surface area (TPSA) is 32.3 Å². The van der Waals surface area contributed by atoms with Crippen molar-refractivity contribution in [2.45, 2.75) is 6.42 Å². The van der Waals surface area contributed by atoms with Gasteiger partial charge < -0.3 is 5.21 Å². The van der Waals surface area contributed by atoms with E-state index in [0.29, 0.717) is 18.0 Å². The van der Waals surface area contributed by atoms with Crippen LogP contribution in [0.5, 0.6) is 0 Å². The fraction of sp³-hybridized carbons (Fsp3) is 0.250. The highest BCUT2D eigenvalue weighted by Crippen LogP contribution is 2.06. The molecule has 0 fully saturated rings. The molecule has 0 bridgehead atoms. The van der Waals surface area contributed by atoms with E-state index >= 15 is 0 Å². The predicted molar refractivity (Wildman–Crippen MR) is 47.7 cm³/mol. The molecule has 0 radical (unpaired) electrons. The molecule has 0 aromatic rings. The first-order valence-corrected chi connectivity index (χ1v) is 3.78. The Morgan fingerprint density at radius 1 is 1.67 bits per heavy atom. The molecule has 2 nitrogen and oxygen atoms in total. The van der Waals surface area contributed by atoms with Gasteiger partial charge in [-0.1, -0.05) is 24.3 Å². The van der Waals surface area contributed by atoms with E-state index in [2.05, 4.69) is 6.58 Å². The zero-order valence-electron chi connectivity index (χ0n) is 6.56. The van der Waals surface area contributed by atoms with Gasteiger partial charge in [0.1, 0.15) is 5.83 Å². The van der Waals surface area contributed by atoms with Crippen LogP contribution in [-0.4, -0.2) is 11.8 Å². The monoisotopic (exact) mass is 191 g/mol. The summed E-state index contributed by atoms with van der Waals surface area (Å²) in [6, 6.07) is 0. The molecule has 0 aromatic heterocycles. The molecule has 0 saturated carbocycles. The smallest absolute Gasteiger partial charge is 0.116 e. The summed E-state index contributed by atoms with van der Waals surface area (Å²) < 4.78 is 12.0. The minimum atomic E-state index is -0.518. The molecule has 0 rings (SSSR count). The quantitative estimate of drug-likeness (QED) is 0.517. The normalized spacial score (nSPS) is 12.4. The zero-order valence-corrected chi connectivity index (χ0v) is 7.31. The fourth-order valence-electron chi connectivity index (χ4n) is 0.516. The number of hydrogen-bond acceptors (Lipinski definition) is 2. The van der Waals surface area contributed by atoms with Crippen molar-refractivity contribution >= 4 is 11.6 Å². The molecule has 0 amide bonds. The van der Waals surface area contributed by atoms with Crippen molar-refractivity contribution in [3.05, 3.63) is 35.7 Å². The summed E-state index contributed by atoms with van der Waals surface area (Å²) in [5.74, 6) is -0.518. The third kappa shape index (κ3) is 7.47. The van der Waals surface area contributed by atoms with Gasteiger partial charge >= 0.3 is 0 Å². The highest BCUT2D eigenvalue weighted by Gasteiger charge is 1.88. The number of halogens is 2. The maximum atomic E-state index is 12.0. The number of hydroxylamine groups is 1. The van der Waals surface area contributed by atoms with E-state index in [4.69, 9.17) is 16.8 Å². The molecule has 0 aliphatic carbocycles. The van der Waals surface area contributed by atoms with Crippen molar-refractivity contribution in [1.82, 2.24) is 5.48 Å². The van der Waals surface area contributed by atoms with Gasteiger partial charge in [-0.05, 0) is 18.6 Å². The lowest BCUT2D eigenvalue weighted by Gasteiger charge is -1.94. The van der Waals surface area contributed by atoms with Gasteiger partial charge in [-0.15, -0.1) is 0 Å². The Balaban J connectivity index is 3.75. The first-order valence-electron chi connectivity index (χ1n) is 3.41. The average Bonchev–Trinajstić information content (AvgIpc) is 2.00. The van der Waals surface area contributed by atoms with Crippen LogP contribution in [-0.2, 0) is 0 Å². The van der Waals surface area contributed by atoms with E-state index in [1.54, 1.807) is 6.08 Å². The molecular weight excluding hydrogens is 181 g/mol. The number of allylic oxidation sites excluding steroid dienone is 4. The predicted octanol–water partition coefficient (Wildman–Crippen LogP) is 2.52. The van der Waals surface area contributed by atoms with Gasteiger partial charge in [-0.2, -0.15) is 0 Å². The Bertz CT molecular complexity index is 201. The Labute approximate surface area is 76.0 Å². The summed E-state index contributed by atoms with van der Waals surface area (Å²) in [5, 5.41) is 8.74. The Morgan fingerprint density at radius 3 is 2.83 bits per heavy atom. The van der Waals surface area contributed by atoms with Crippen LogP contribution in [0.2, 0.25) is 0 Å². The molecular formula is C8H11ClFNO. The number of rotatable bonds is 5. The lowest BCUT2D eigenvalue weighted by atomic mass is 10.3. The molecule has 0 saturated heterocycles. The average molecular weight is 192 g/mol. The largest absolute Gasteiger partial charge is 0.317 e. The third-order valence-electron chi connectivity index (χ3n) is 1.03. The molecule has 2 N–H and O–H groups in total. The molecule has 0 aliphatic heterocycles. The van der Waals surface area contributed by atoms with E-state index < -0.39 is 5.83 Å². The van der Waals surface area contributed by atoms with Crippen LogP contribution in [0.3, 0.4) is 0 Å². The van der Waals surface area contributed by atoms with Gasteiger partial charge in [-0.3, -0.25) is 0 Å². The maximum Gasteiger partial charge on any atom is 0.116 e. The van der Waals surface area contributed by atoms with Crippen molar-refractivity contribution in [2.75, 3.05) is 6.54 Å². The number of nitrogens with one attached hydrogen (secondary N) is 1. The Kier molecular flexibility index (Phi) is 6.66. The van der Waals surface area contributed by atoms with Crippen LogP contribution < -0.4 is 5.48 Å². The Morgan fingerprint density at radius 2 is 2.33 bits per heavy atom. The summed E-state index contributed by atoms with van der Waals surface area (Å²) in [5.41, 5.74) is 1.96. The molecule has 0 aromatic carbocycles. The van der Waals surface area contributed by atoms with Gasteiger partial charge in [0.2, 0.25) is 0 Å². The van der Waals surface area contributed by atoms with Crippen LogP contribution in [0, 0.1) is 0 Å². The lowest BCUT2D eigenvalue weighted by Crippen LogP contribution is -2.07. The lowest BCUT2D eigenvalue weighted by molar-refractivity contribution is 0.169. The summed E-state index contributed by atoms with van der Waals surface area (Å²) in [4.78, 5) is 0. The minimum Gasteiger partial charge on any atom is -0.317 e. The molecule has 0 atom stereocenters. The summed E-state index contributed by atoms with van der Waals surface area (Å²) >= 11 is 5.65. The molecule has 0 aliphatic rings. The Hall–Kier alpha value is -0.640. The summed E-state index contributed by atoms with van der Waals surface area (Å²) in [6.45, 7) is 3.41. The fourth-order valence-corrected chi connectivity index (χ4v) is 0.683. The van der Waals surface area contributed by atoms with Crippen LogP contribution >= 0.6 is 11.6 Å². The van der Waals surface area contributed by atoms with Crippen LogP contribution in [0.15, 0.2) is 35.7 Å². The van der Waals surface area contributed by atoms with Crippen molar-refractivity contribution < 1.29 is 9.60 Å². The molecule has 0 heterocycles.